The maximum absolute atomic E-state index is 14.2. The Bertz CT molecular complexity index is 1300. The van der Waals surface area contributed by atoms with Crippen molar-refractivity contribution in [3.8, 4) is 17.1 Å². The highest BCUT2D eigenvalue weighted by molar-refractivity contribution is 6.12. The maximum Gasteiger partial charge on any atom is 0.410 e. The number of piperazine rings is 1. The Labute approximate surface area is 223 Å². The number of furan rings is 1. The lowest BCUT2D eigenvalue weighted by Crippen LogP contribution is -2.51. The van der Waals surface area contributed by atoms with E-state index < -0.39 is 5.60 Å². The van der Waals surface area contributed by atoms with E-state index in [1.165, 1.54) is 6.42 Å². The summed E-state index contributed by atoms with van der Waals surface area (Å²) >= 11 is 0. The summed E-state index contributed by atoms with van der Waals surface area (Å²) in [6.07, 6.45) is 3.11. The third kappa shape index (κ3) is 5.50. The van der Waals surface area contributed by atoms with Crippen LogP contribution in [0.4, 0.5) is 4.79 Å². The third-order valence-electron chi connectivity index (χ3n) is 7.24. The molecule has 2 fully saturated rings. The zero-order valence-corrected chi connectivity index (χ0v) is 22.5. The van der Waals surface area contributed by atoms with Gasteiger partial charge in [-0.15, -0.1) is 0 Å². The molecule has 2 aliphatic rings. The van der Waals surface area contributed by atoms with Crippen LogP contribution in [0.15, 0.2) is 46.9 Å². The number of fused-ring (bicyclic) bond motifs is 1. The molecule has 8 nitrogen and oxygen atoms in total. The fraction of sp³-hybridized carbons (Fsp3) is 0.467. The maximum atomic E-state index is 14.2. The molecule has 2 amide bonds. The number of nitrogens with zero attached hydrogens (tertiary/aromatic N) is 3. The molecule has 3 heterocycles. The number of amides is 2. The Morgan fingerprint density at radius 1 is 0.895 bits per heavy atom. The van der Waals surface area contributed by atoms with Crippen molar-refractivity contribution >= 4 is 23.0 Å². The quantitative estimate of drug-likeness (QED) is 0.491. The van der Waals surface area contributed by atoms with Gasteiger partial charge in [0.25, 0.3) is 5.91 Å². The van der Waals surface area contributed by atoms with Crippen LogP contribution in [-0.4, -0.2) is 76.7 Å². The van der Waals surface area contributed by atoms with E-state index in [9.17, 15) is 14.7 Å². The van der Waals surface area contributed by atoms with Crippen LogP contribution in [0.3, 0.4) is 0 Å². The number of phenolic OH excluding ortho intramolecular Hbond substituents is 1. The molecule has 0 bridgehead atoms. The van der Waals surface area contributed by atoms with Gasteiger partial charge in [0, 0.05) is 49.2 Å². The monoisotopic (exact) mass is 519 g/mol. The molecule has 2 aromatic carbocycles. The number of rotatable bonds is 4. The molecule has 2 aliphatic heterocycles. The highest BCUT2D eigenvalue weighted by Gasteiger charge is 2.33. The van der Waals surface area contributed by atoms with E-state index in [4.69, 9.17) is 9.15 Å². The first-order valence-corrected chi connectivity index (χ1v) is 13.5. The lowest BCUT2D eigenvalue weighted by Gasteiger charge is -2.35. The Hall–Kier alpha value is -3.52. The zero-order valence-electron chi connectivity index (χ0n) is 22.5. The number of benzene rings is 2. The van der Waals surface area contributed by atoms with Crippen LogP contribution in [0.5, 0.6) is 5.75 Å². The van der Waals surface area contributed by atoms with E-state index in [0.29, 0.717) is 55.0 Å². The summed E-state index contributed by atoms with van der Waals surface area (Å²) in [5.41, 5.74) is 2.02. The van der Waals surface area contributed by atoms with Gasteiger partial charge >= 0.3 is 6.09 Å². The van der Waals surface area contributed by atoms with Crippen LogP contribution < -0.4 is 0 Å². The van der Waals surface area contributed by atoms with Gasteiger partial charge in [-0.05, 0) is 58.8 Å². The summed E-state index contributed by atoms with van der Waals surface area (Å²) in [5.74, 6) is 0.523. The molecule has 5 rings (SSSR count). The van der Waals surface area contributed by atoms with Gasteiger partial charge in [0.2, 0.25) is 0 Å². The SMILES string of the molecule is CC(C)(C)OC(=O)N1CCN(C(=O)c2c(-c3ccccc3)oc3ccc(O)c(CN4CCCCC4)c23)CC1. The van der Waals surface area contributed by atoms with E-state index in [2.05, 4.69) is 4.90 Å². The molecule has 3 aromatic rings. The Kier molecular flexibility index (Phi) is 7.34. The van der Waals surface area contributed by atoms with Crippen LogP contribution in [-0.2, 0) is 11.3 Å². The standard InChI is InChI=1S/C30H37N3O5/c1-30(2,3)38-29(36)33-18-16-32(17-19-33)28(35)26-25-22(20-31-14-8-5-9-15-31)23(34)12-13-24(25)37-27(26)21-10-6-4-7-11-21/h4,6-7,10-13,34H,5,8-9,14-20H2,1-3H3. The van der Waals surface area contributed by atoms with Crippen molar-refractivity contribution in [3.63, 3.8) is 0 Å². The first kappa shape index (κ1) is 26.1. The summed E-state index contributed by atoms with van der Waals surface area (Å²) in [4.78, 5) is 32.5. The molecule has 0 aliphatic carbocycles. The number of ether oxygens (including phenoxy) is 1. The fourth-order valence-corrected chi connectivity index (χ4v) is 5.32. The number of piperidine rings is 1. The van der Waals surface area contributed by atoms with E-state index in [1.54, 1.807) is 21.9 Å². The highest BCUT2D eigenvalue weighted by atomic mass is 16.6. The summed E-state index contributed by atoms with van der Waals surface area (Å²) in [5, 5.41) is 11.6. The van der Waals surface area contributed by atoms with Crippen molar-refractivity contribution in [2.75, 3.05) is 39.3 Å². The average molecular weight is 520 g/mol. The number of aromatic hydroxyl groups is 1. The molecule has 2 saturated heterocycles. The van der Waals surface area contributed by atoms with E-state index >= 15 is 0 Å². The van der Waals surface area contributed by atoms with Crippen molar-refractivity contribution in [1.82, 2.24) is 14.7 Å². The number of hydrogen-bond acceptors (Lipinski definition) is 6. The van der Waals surface area contributed by atoms with Crippen LogP contribution in [0, 0.1) is 0 Å². The van der Waals surface area contributed by atoms with E-state index in [0.717, 1.165) is 37.1 Å². The molecule has 0 unspecified atom stereocenters. The van der Waals surface area contributed by atoms with Crippen molar-refractivity contribution in [1.29, 1.82) is 0 Å². The molecular formula is C30H37N3O5. The number of carbonyl (C=O) groups is 2. The Morgan fingerprint density at radius 3 is 2.21 bits per heavy atom. The molecule has 0 atom stereocenters. The first-order chi connectivity index (χ1) is 18.2. The van der Waals surface area contributed by atoms with Gasteiger partial charge in [0.1, 0.15) is 22.7 Å². The topological polar surface area (TPSA) is 86.5 Å². The van der Waals surface area contributed by atoms with Gasteiger partial charge in [0.05, 0.1) is 5.56 Å². The normalized spacial score (nSPS) is 17.1. The minimum atomic E-state index is -0.572. The minimum absolute atomic E-state index is 0.156. The lowest BCUT2D eigenvalue weighted by atomic mass is 9.98. The predicted octanol–water partition coefficient (Wildman–Crippen LogP) is 5.48. The predicted molar refractivity (Wildman–Crippen MR) is 146 cm³/mol. The second kappa shape index (κ2) is 10.7. The molecular weight excluding hydrogens is 482 g/mol. The van der Waals surface area contributed by atoms with Gasteiger partial charge in [0.15, 0.2) is 0 Å². The van der Waals surface area contributed by atoms with Gasteiger partial charge in [-0.1, -0.05) is 36.8 Å². The molecule has 202 valence electrons. The van der Waals surface area contributed by atoms with Gasteiger partial charge in [-0.3, -0.25) is 9.69 Å². The lowest BCUT2D eigenvalue weighted by molar-refractivity contribution is 0.0141. The summed E-state index contributed by atoms with van der Waals surface area (Å²) in [6.45, 7) is 9.59. The van der Waals surface area contributed by atoms with Crippen LogP contribution >= 0.6 is 0 Å². The van der Waals surface area contributed by atoms with Crippen LogP contribution in [0.1, 0.15) is 56.0 Å². The minimum Gasteiger partial charge on any atom is -0.508 e. The molecule has 1 N–H and O–H groups in total. The number of hydrogen-bond donors (Lipinski definition) is 1. The molecule has 0 saturated carbocycles. The fourth-order valence-electron chi connectivity index (χ4n) is 5.32. The second-order valence-electron chi connectivity index (χ2n) is 11.2. The molecule has 0 spiro atoms. The van der Waals surface area contributed by atoms with E-state index in [1.807, 2.05) is 51.1 Å². The first-order valence-electron chi connectivity index (χ1n) is 13.5. The molecule has 0 radical (unpaired) electrons. The largest absolute Gasteiger partial charge is 0.508 e. The second-order valence-corrected chi connectivity index (χ2v) is 11.2. The van der Waals surface area contributed by atoms with Crippen LogP contribution in [0.25, 0.3) is 22.3 Å². The molecule has 1 aromatic heterocycles. The van der Waals surface area contributed by atoms with Gasteiger partial charge in [-0.2, -0.15) is 0 Å². The Morgan fingerprint density at radius 2 is 1.55 bits per heavy atom. The number of phenols is 1. The number of carbonyl (C=O) groups excluding carboxylic acids is 2. The molecule has 8 heteroatoms. The van der Waals surface area contributed by atoms with Crippen molar-refractivity contribution in [2.24, 2.45) is 0 Å². The Balaban J connectivity index is 1.50. The van der Waals surface area contributed by atoms with E-state index in [-0.39, 0.29) is 17.7 Å². The highest BCUT2D eigenvalue weighted by Crippen LogP contribution is 2.40. The zero-order chi connectivity index (χ0) is 26.9. The summed E-state index contributed by atoms with van der Waals surface area (Å²) < 4.78 is 11.9. The van der Waals surface area contributed by atoms with Crippen LogP contribution in [0.2, 0.25) is 0 Å². The summed E-state index contributed by atoms with van der Waals surface area (Å²) in [7, 11) is 0. The number of likely N-dealkylation sites (tertiary alicyclic amines) is 1. The van der Waals surface area contributed by atoms with Crippen molar-refractivity contribution < 1.29 is 23.8 Å². The summed E-state index contributed by atoms with van der Waals surface area (Å²) in [6, 6.07) is 13.0. The van der Waals surface area contributed by atoms with Crippen molar-refractivity contribution in [3.05, 3.63) is 53.6 Å². The smallest absolute Gasteiger partial charge is 0.410 e. The molecule has 38 heavy (non-hydrogen) atoms. The van der Waals surface area contributed by atoms with Gasteiger partial charge < -0.3 is 24.1 Å². The third-order valence-corrected chi connectivity index (χ3v) is 7.24. The van der Waals surface area contributed by atoms with Gasteiger partial charge in [-0.25, -0.2) is 4.79 Å². The van der Waals surface area contributed by atoms with Crippen molar-refractivity contribution in [2.45, 2.75) is 52.2 Å². The average Bonchev–Trinajstić information content (AvgIpc) is 3.30.